The summed E-state index contributed by atoms with van der Waals surface area (Å²) < 4.78 is 7.32. The molecule has 4 heteroatoms. The molecule has 72 valence electrons. The van der Waals surface area contributed by atoms with E-state index in [1.165, 1.54) is 0 Å². The van der Waals surface area contributed by atoms with Gasteiger partial charge >= 0.3 is 0 Å². The first kappa shape index (κ1) is 8.72. The highest BCUT2D eigenvalue weighted by Crippen LogP contribution is 2.17. The molecular formula is C9H15N3O. The summed E-state index contributed by atoms with van der Waals surface area (Å²) in [5, 5.41) is 7.54. The van der Waals surface area contributed by atoms with Crippen LogP contribution in [0.4, 0.5) is 0 Å². The highest BCUT2D eigenvalue weighted by Gasteiger charge is 2.17. The second-order valence-corrected chi connectivity index (χ2v) is 3.33. The van der Waals surface area contributed by atoms with Gasteiger partial charge in [0, 0.05) is 19.3 Å². The monoisotopic (exact) mass is 181 g/mol. The van der Waals surface area contributed by atoms with Crippen LogP contribution in [0.3, 0.4) is 0 Å². The van der Waals surface area contributed by atoms with E-state index >= 15 is 0 Å². The van der Waals surface area contributed by atoms with E-state index in [0.717, 1.165) is 31.9 Å². The van der Waals surface area contributed by atoms with Crippen LogP contribution in [-0.4, -0.2) is 30.0 Å². The SMILES string of the molecule is CNCc1ccn(C2CCOC2)n1. The minimum absolute atomic E-state index is 0.450. The standard InChI is InChI=1S/C9H15N3O/c1-10-6-8-2-4-12(11-8)9-3-5-13-7-9/h2,4,9-10H,3,5-7H2,1H3. The first-order valence-electron chi connectivity index (χ1n) is 4.66. The van der Waals surface area contributed by atoms with Gasteiger partial charge in [-0.05, 0) is 19.5 Å². The molecular weight excluding hydrogens is 166 g/mol. The Bertz CT molecular complexity index is 266. The molecule has 1 aliphatic heterocycles. The van der Waals surface area contributed by atoms with Gasteiger partial charge in [-0.15, -0.1) is 0 Å². The summed E-state index contributed by atoms with van der Waals surface area (Å²) in [5.74, 6) is 0. The largest absolute Gasteiger partial charge is 0.379 e. The highest BCUT2D eigenvalue weighted by atomic mass is 16.5. The van der Waals surface area contributed by atoms with Crippen molar-refractivity contribution in [3.63, 3.8) is 0 Å². The molecule has 1 unspecified atom stereocenters. The number of rotatable bonds is 3. The second kappa shape index (κ2) is 3.89. The fourth-order valence-corrected chi connectivity index (χ4v) is 1.59. The number of nitrogens with one attached hydrogen (secondary N) is 1. The quantitative estimate of drug-likeness (QED) is 0.740. The van der Waals surface area contributed by atoms with E-state index in [1.807, 2.05) is 17.9 Å². The van der Waals surface area contributed by atoms with Gasteiger partial charge < -0.3 is 10.1 Å². The third kappa shape index (κ3) is 1.89. The molecule has 0 spiro atoms. The Morgan fingerprint density at radius 2 is 2.69 bits per heavy atom. The predicted octanol–water partition coefficient (Wildman–Crippen LogP) is 0.564. The van der Waals surface area contributed by atoms with Gasteiger partial charge in [0.05, 0.1) is 18.3 Å². The first-order valence-corrected chi connectivity index (χ1v) is 4.66. The minimum Gasteiger partial charge on any atom is -0.379 e. The average molecular weight is 181 g/mol. The van der Waals surface area contributed by atoms with Gasteiger partial charge in [-0.3, -0.25) is 4.68 Å². The van der Waals surface area contributed by atoms with E-state index in [9.17, 15) is 0 Å². The van der Waals surface area contributed by atoms with Gasteiger partial charge in [0.2, 0.25) is 0 Å². The van der Waals surface area contributed by atoms with Gasteiger partial charge in [-0.2, -0.15) is 5.10 Å². The number of ether oxygens (including phenoxy) is 1. The highest BCUT2D eigenvalue weighted by molar-refractivity contribution is 4.99. The lowest BCUT2D eigenvalue weighted by molar-refractivity contribution is 0.184. The molecule has 2 rings (SSSR count). The topological polar surface area (TPSA) is 39.1 Å². The van der Waals surface area contributed by atoms with Crippen molar-refractivity contribution in [2.45, 2.75) is 19.0 Å². The number of hydrogen-bond acceptors (Lipinski definition) is 3. The van der Waals surface area contributed by atoms with Crippen LogP contribution in [0.1, 0.15) is 18.2 Å². The molecule has 1 N–H and O–H groups in total. The second-order valence-electron chi connectivity index (χ2n) is 3.33. The molecule has 1 saturated heterocycles. The molecule has 0 aromatic carbocycles. The molecule has 1 aliphatic rings. The van der Waals surface area contributed by atoms with Gasteiger partial charge in [-0.25, -0.2) is 0 Å². The molecule has 0 amide bonds. The Morgan fingerprint density at radius 1 is 1.77 bits per heavy atom. The number of hydrogen-bond donors (Lipinski definition) is 1. The van der Waals surface area contributed by atoms with Crippen LogP contribution in [0, 0.1) is 0 Å². The Hall–Kier alpha value is -0.870. The van der Waals surface area contributed by atoms with Crippen molar-refractivity contribution in [3.8, 4) is 0 Å². The Kier molecular flexibility index (Phi) is 2.61. The normalized spacial score (nSPS) is 22.4. The fraction of sp³-hybridized carbons (Fsp3) is 0.667. The summed E-state index contributed by atoms with van der Waals surface area (Å²) in [6, 6.07) is 2.50. The van der Waals surface area contributed by atoms with Crippen molar-refractivity contribution in [2.75, 3.05) is 20.3 Å². The van der Waals surface area contributed by atoms with Gasteiger partial charge in [-0.1, -0.05) is 0 Å². The van der Waals surface area contributed by atoms with Crippen LogP contribution in [0.25, 0.3) is 0 Å². The summed E-state index contributed by atoms with van der Waals surface area (Å²) in [6.07, 6.45) is 3.12. The van der Waals surface area contributed by atoms with Crippen LogP contribution in [0.2, 0.25) is 0 Å². The van der Waals surface area contributed by atoms with Crippen LogP contribution in [0.5, 0.6) is 0 Å². The fourth-order valence-electron chi connectivity index (χ4n) is 1.59. The maximum atomic E-state index is 5.30. The average Bonchev–Trinajstić information content (AvgIpc) is 2.70. The van der Waals surface area contributed by atoms with E-state index in [2.05, 4.69) is 16.5 Å². The molecule has 0 bridgehead atoms. The van der Waals surface area contributed by atoms with Crippen molar-refractivity contribution in [3.05, 3.63) is 18.0 Å². The van der Waals surface area contributed by atoms with Crippen molar-refractivity contribution >= 4 is 0 Å². The molecule has 0 aliphatic carbocycles. The summed E-state index contributed by atoms with van der Waals surface area (Å²) >= 11 is 0. The van der Waals surface area contributed by atoms with Gasteiger partial charge in [0.25, 0.3) is 0 Å². The maximum absolute atomic E-state index is 5.30. The lowest BCUT2D eigenvalue weighted by Gasteiger charge is -2.06. The lowest BCUT2D eigenvalue weighted by Crippen LogP contribution is -2.11. The third-order valence-electron chi connectivity index (χ3n) is 2.30. The summed E-state index contributed by atoms with van der Waals surface area (Å²) in [6.45, 7) is 2.51. The first-order chi connectivity index (χ1) is 6.40. The molecule has 0 saturated carbocycles. The van der Waals surface area contributed by atoms with E-state index in [-0.39, 0.29) is 0 Å². The van der Waals surface area contributed by atoms with Gasteiger partial charge in [0.1, 0.15) is 0 Å². The van der Waals surface area contributed by atoms with E-state index in [4.69, 9.17) is 4.74 Å². The van der Waals surface area contributed by atoms with Crippen LogP contribution in [0.15, 0.2) is 12.3 Å². The zero-order chi connectivity index (χ0) is 9.10. The number of nitrogens with zero attached hydrogens (tertiary/aromatic N) is 2. The molecule has 0 radical (unpaired) electrons. The van der Waals surface area contributed by atoms with E-state index in [1.54, 1.807) is 0 Å². The molecule has 1 aromatic heterocycles. The zero-order valence-electron chi connectivity index (χ0n) is 7.86. The van der Waals surface area contributed by atoms with Crippen molar-refractivity contribution in [2.24, 2.45) is 0 Å². The molecule has 2 heterocycles. The third-order valence-corrected chi connectivity index (χ3v) is 2.30. The van der Waals surface area contributed by atoms with Gasteiger partial charge in [0.15, 0.2) is 0 Å². The van der Waals surface area contributed by atoms with Crippen LogP contribution in [-0.2, 0) is 11.3 Å². The Labute approximate surface area is 77.9 Å². The van der Waals surface area contributed by atoms with Crippen molar-refractivity contribution in [1.82, 2.24) is 15.1 Å². The Morgan fingerprint density at radius 3 is 3.38 bits per heavy atom. The Balaban J connectivity index is 2.03. The molecule has 1 fully saturated rings. The van der Waals surface area contributed by atoms with Crippen molar-refractivity contribution < 1.29 is 4.74 Å². The van der Waals surface area contributed by atoms with Crippen LogP contribution >= 0.6 is 0 Å². The molecule has 1 atom stereocenters. The number of aromatic nitrogens is 2. The maximum Gasteiger partial charge on any atom is 0.0774 e. The zero-order valence-corrected chi connectivity index (χ0v) is 7.86. The van der Waals surface area contributed by atoms with Crippen molar-refractivity contribution in [1.29, 1.82) is 0 Å². The minimum atomic E-state index is 0.450. The predicted molar refractivity (Wildman–Crippen MR) is 49.5 cm³/mol. The van der Waals surface area contributed by atoms with E-state index < -0.39 is 0 Å². The smallest absolute Gasteiger partial charge is 0.0774 e. The van der Waals surface area contributed by atoms with E-state index in [0.29, 0.717) is 6.04 Å². The molecule has 13 heavy (non-hydrogen) atoms. The lowest BCUT2D eigenvalue weighted by atomic mass is 10.3. The molecule has 1 aromatic rings. The van der Waals surface area contributed by atoms with Crippen LogP contribution < -0.4 is 5.32 Å². The summed E-state index contributed by atoms with van der Waals surface area (Å²) in [5.41, 5.74) is 1.09. The molecule has 4 nitrogen and oxygen atoms in total. The summed E-state index contributed by atoms with van der Waals surface area (Å²) in [4.78, 5) is 0. The summed E-state index contributed by atoms with van der Waals surface area (Å²) in [7, 11) is 1.93.